The van der Waals surface area contributed by atoms with Crippen molar-refractivity contribution in [3.63, 3.8) is 0 Å². The summed E-state index contributed by atoms with van der Waals surface area (Å²) in [6.45, 7) is 5.06. The molecule has 0 saturated carbocycles. The summed E-state index contributed by atoms with van der Waals surface area (Å²) in [5, 5.41) is 0.576. The molecule has 1 unspecified atom stereocenters. The number of ketones is 1. The minimum absolute atomic E-state index is 0.133. The average Bonchev–Trinajstić information content (AvgIpc) is 2.38. The number of halogens is 1. The van der Waals surface area contributed by atoms with E-state index in [-0.39, 0.29) is 12.2 Å². The van der Waals surface area contributed by atoms with E-state index in [1.54, 1.807) is 45.0 Å². The second-order valence-corrected chi connectivity index (χ2v) is 4.58. The van der Waals surface area contributed by atoms with Crippen LogP contribution < -0.4 is 0 Å². The molecule has 0 heterocycles. The first-order valence-electron chi connectivity index (χ1n) is 5.95. The largest absolute Gasteiger partial charge is 0.446 e. The first kappa shape index (κ1) is 14.7. The lowest BCUT2D eigenvalue weighted by atomic mass is 9.90. The zero-order valence-electron chi connectivity index (χ0n) is 10.8. The van der Waals surface area contributed by atoms with Crippen molar-refractivity contribution >= 4 is 23.4 Å². The molecule has 0 aliphatic heterocycles. The lowest BCUT2D eigenvalue weighted by molar-refractivity contribution is -0.166. The fourth-order valence-corrected chi connectivity index (χ4v) is 1.81. The number of Topliss-reactive ketones (excluding diaryl/α,β-unsaturated/α-hetero) is 1. The van der Waals surface area contributed by atoms with Crippen LogP contribution in [0.4, 0.5) is 0 Å². The standard InChI is InChI=1S/C14H17ClO3/c1-4-12(16)14(3,18-13(17)5-2)10-6-8-11(15)9-7-10/h6-9H,4-5H2,1-3H3. The van der Waals surface area contributed by atoms with Gasteiger partial charge in [0.2, 0.25) is 0 Å². The molecular weight excluding hydrogens is 252 g/mol. The van der Waals surface area contributed by atoms with E-state index in [0.29, 0.717) is 17.0 Å². The Morgan fingerprint density at radius 2 is 1.72 bits per heavy atom. The first-order chi connectivity index (χ1) is 8.43. The van der Waals surface area contributed by atoms with Crippen LogP contribution in [-0.2, 0) is 19.9 Å². The summed E-state index contributed by atoms with van der Waals surface area (Å²) in [6, 6.07) is 6.77. The molecule has 1 rings (SSSR count). The lowest BCUT2D eigenvalue weighted by Crippen LogP contribution is -2.37. The van der Waals surface area contributed by atoms with Crippen molar-refractivity contribution in [2.45, 2.75) is 39.2 Å². The summed E-state index contributed by atoms with van der Waals surface area (Å²) in [6.07, 6.45) is 0.538. The Balaban J connectivity index is 3.15. The van der Waals surface area contributed by atoms with Gasteiger partial charge in [0, 0.05) is 23.4 Å². The van der Waals surface area contributed by atoms with Crippen LogP contribution in [0.1, 0.15) is 39.2 Å². The zero-order valence-corrected chi connectivity index (χ0v) is 11.6. The second-order valence-electron chi connectivity index (χ2n) is 4.14. The van der Waals surface area contributed by atoms with Crippen LogP contribution >= 0.6 is 11.6 Å². The first-order valence-corrected chi connectivity index (χ1v) is 6.33. The number of ether oxygens (including phenoxy) is 1. The minimum Gasteiger partial charge on any atom is -0.446 e. The van der Waals surface area contributed by atoms with Gasteiger partial charge in [-0.05, 0) is 19.1 Å². The van der Waals surface area contributed by atoms with Gasteiger partial charge in [-0.15, -0.1) is 0 Å². The Hall–Kier alpha value is -1.35. The highest BCUT2D eigenvalue weighted by molar-refractivity contribution is 6.30. The maximum atomic E-state index is 12.1. The van der Waals surface area contributed by atoms with E-state index in [0.717, 1.165) is 0 Å². The molecule has 0 aliphatic carbocycles. The van der Waals surface area contributed by atoms with Crippen molar-refractivity contribution in [1.29, 1.82) is 0 Å². The monoisotopic (exact) mass is 268 g/mol. The van der Waals surface area contributed by atoms with Crippen molar-refractivity contribution in [3.8, 4) is 0 Å². The molecule has 98 valence electrons. The number of esters is 1. The fourth-order valence-electron chi connectivity index (χ4n) is 1.68. The molecule has 1 aromatic rings. The van der Waals surface area contributed by atoms with Crippen molar-refractivity contribution in [3.05, 3.63) is 34.9 Å². The number of benzene rings is 1. The molecule has 0 amide bonds. The molecule has 1 aromatic carbocycles. The summed E-state index contributed by atoms with van der Waals surface area (Å²) in [7, 11) is 0. The molecule has 0 aromatic heterocycles. The molecular formula is C14H17ClO3. The topological polar surface area (TPSA) is 43.4 Å². The van der Waals surface area contributed by atoms with Crippen LogP contribution in [-0.4, -0.2) is 11.8 Å². The smallest absolute Gasteiger partial charge is 0.306 e. The number of hydrogen-bond acceptors (Lipinski definition) is 3. The van der Waals surface area contributed by atoms with E-state index in [9.17, 15) is 9.59 Å². The molecule has 18 heavy (non-hydrogen) atoms. The summed E-state index contributed by atoms with van der Waals surface area (Å²) in [4.78, 5) is 23.5. The lowest BCUT2D eigenvalue weighted by Gasteiger charge is -2.28. The van der Waals surface area contributed by atoms with E-state index in [4.69, 9.17) is 16.3 Å². The van der Waals surface area contributed by atoms with Crippen LogP contribution in [0, 0.1) is 0 Å². The predicted molar refractivity (Wildman–Crippen MR) is 70.5 cm³/mol. The Kier molecular flexibility index (Phi) is 4.91. The van der Waals surface area contributed by atoms with E-state index in [2.05, 4.69) is 0 Å². The third-order valence-electron chi connectivity index (χ3n) is 2.85. The summed E-state index contributed by atoms with van der Waals surface area (Å²) in [5.41, 5.74) is -0.590. The van der Waals surface area contributed by atoms with Gasteiger partial charge in [-0.1, -0.05) is 37.6 Å². The highest BCUT2D eigenvalue weighted by Gasteiger charge is 2.37. The van der Waals surface area contributed by atoms with E-state index in [1.165, 1.54) is 0 Å². The van der Waals surface area contributed by atoms with Gasteiger partial charge >= 0.3 is 5.97 Å². The van der Waals surface area contributed by atoms with E-state index < -0.39 is 11.6 Å². The van der Waals surface area contributed by atoms with Gasteiger partial charge in [0.25, 0.3) is 0 Å². The van der Waals surface area contributed by atoms with Gasteiger partial charge in [-0.3, -0.25) is 9.59 Å². The molecule has 0 radical (unpaired) electrons. The molecule has 0 fully saturated rings. The van der Waals surface area contributed by atoms with Gasteiger partial charge in [0.05, 0.1) is 0 Å². The SMILES string of the molecule is CCC(=O)OC(C)(C(=O)CC)c1ccc(Cl)cc1. The van der Waals surface area contributed by atoms with Crippen LogP contribution in [0.3, 0.4) is 0 Å². The number of hydrogen-bond donors (Lipinski definition) is 0. The van der Waals surface area contributed by atoms with Crippen LogP contribution in [0.15, 0.2) is 24.3 Å². The molecule has 0 saturated heterocycles. The maximum absolute atomic E-state index is 12.1. The zero-order chi connectivity index (χ0) is 13.8. The summed E-state index contributed by atoms with van der Waals surface area (Å²) >= 11 is 5.82. The van der Waals surface area contributed by atoms with Crippen LogP contribution in [0.5, 0.6) is 0 Å². The minimum atomic E-state index is -1.23. The van der Waals surface area contributed by atoms with Gasteiger partial charge in [0.15, 0.2) is 11.4 Å². The molecule has 4 heteroatoms. The van der Waals surface area contributed by atoms with Gasteiger partial charge < -0.3 is 4.74 Å². The van der Waals surface area contributed by atoms with Gasteiger partial charge in [-0.2, -0.15) is 0 Å². The Labute approximate surface area is 112 Å². The van der Waals surface area contributed by atoms with Crippen LogP contribution in [0.2, 0.25) is 5.02 Å². The Morgan fingerprint density at radius 3 is 2.17 bits per heavy atom. The van der Waals surface area contributed by atoms with E-state index >= 15 is 0 Å². The molecule has 0 N–H and O–H groups in total. The third-order valence-corrected chi connectivity index (χ3v) is 3.11. The molecule has 3 nitrogen and oxygen atoms in total. The van der Waals surface area contributed by atoms with E-state index in [1.807, 2.05) is 0 Å². The average molecular weight is 269 g/mol. The highest BCUT2D eigenvalue weighted by atomic mass is 35.5. The molecule has 1 atom stereocenters. The molecule has 0 spiro atoms. The second kappa shape index (κ2) is 6.01. The van der Waals surface area contributed by atoms with Crippen LogP contribution in [0.25, 0.3) is 0 Å². The maximum Gasteiger partial charge on any atom is 0.306 e. The molecule has 0 aliphatic rings. The highest BCUT2D eigenvalue weighted by Crippen LogP contribution is 2.29. The number of carbonyl (C=O) groups excluding carboxylic acids is 2. The Bertz CT molecular complexity index is 439. The Morgan fingerprint density at radius 1 is 1.17 bits per heavy atom. The van der Waals surface area contributed by atoms with Crippen molar-refractivity contribution < 1.29 is 14.3 Å². The van der Waals surface area contributed by atoms with Gasteiger partial charge in [0.1, 0.15) is 0 Å². The third kappa shape index (κ3) is 3.10. The van der Waals surface area contributed by atoms with Crippen molar-refractivity contribution in [1.82, 2.24) is 0 Å². The van der Waals surface area contributed by atoms with Gasteiger partial charge in [-0.25, -0.2) is 0 Å². The van der Waals surface area contributed by atoms with Crippen molar-refractivity contribution in [2.24, 2.45) is 0 Å². The normalized spacial score (nSPS) is 13.8. The number of carbonyl (C=O) groups is 2. The van der Waals surface area contributed by atoms with Crippen molar-refractivity contribution in [2.75, 3.05) is 0 Å². The summed E-state index contributed by atoms with van der Waals surface area (Å²) < 4.78 is 5.33. The molecule has 0 bridgehead atoms. The summed E-state index contributed by atoms with van der Waals surface area (Å²) in [5.74, 6) is -0.527. The predicted octanol–water partition coefficient (Wildman–Crippen LogP) is 3.49. The number of rotatable bonds is 5. The quantitative estimate of drug-likeness (QED) is 0.768. The fraction of sp³-hybridized carbons (Fsp3) is 0.429.